The van der Waals surface area contributed by atoms with Crippen LogP contribution in [0.15, 0.2) is 42.5 Å². The van der Waals surface area contributed by atoms with Gasteiger partial charge in [0.15, 0.2) is 0 Å². The first kappa shape index (κ1) is 13.7. The van der Waals surface area contributed by atoms with Crippen molar-refractivity contribution in [1.29, 1.82) is 0 Å². The topological polar surface area (TPSA) is 55.1 Å². The molecule has 0 fully saturated rings. The summed E-state index contributed by atoms with van der Waals surface area (Å²) in [5.41, 5.74) is 10.5. The second-order valence-electron chi connectivity index (χ2n) is 5.87. The molecule has 3 rings (SSSR count). The van der Waals surface area contributed by atoms with E-state index >= 15 is 0 Å². The molecule has 0 aliphatic heterocycles. The van der Waals surface area contributed by atoms with Crippen molar-refractivity contribution in [3.05, 3.63) is 64.7 Å². The van der Waals surface area contributed by atoms with E-state index in [9.17, 15) is 4.79 Å². The first-order valence-corrected chi connectivity index (χ1v) is 7.27. The third-order valence-electron chi connectivity index (χ3n) is 4.41. The summed E-state index contributed by atoms with van der Waals surface area (Å²) in [6.07, 6.45) is 1.58. The van der Waals surface area contributed by atoms with E-state index in [1.807, 2.05) is 38.1 Å². The number of aryl methyl sites for hydroxylation is 3. The van der Waals surface area contributed by atoms with Gasteiger partial charge in [-0.05, 0) is 49.4 Å². The lowest BCUT2D eigenvalue weighted by molar-refractivity contribution is -0.122. The van der Waals surface area contributed by atoms with E-state index < -0.39 is 5.54 Å². The van der Waals surface area contributed by atoms with E-state index in [-0.39, 0.29) is 5.91 Å². The zero-order valence-electron chi connectivity index (χ0n) is 12.4. The van der Waals surface area contributed by atoms with Gasteiger partial charge in [0.2, 0.25) is 5.91 Å². The molecule has 2 aromatic carbocycles. The Bertz CT molecular complexity index is 708. The summed E-state index contributed by atoms with van der Waals surface area (Å²) in [5.74, 6) is -0.310. The summed E-state index contributed by atoms with van der Waals surface area (Å²) in [6, 6.07) is 14.3. The molecule has 3 heteroatoms. The van der Waals surface area contributed by atoms with E-state index in [4.69, 9.17) is 5.73 Å². The summed E-state index contributed by atoms with van der Waals surface area (Å²) in [7, 11) is 0. The minimum absolute atomic E-state index is 0.310. The number of nitrogens with two attached hydrogens (primary N) is 1. The van der Waals surface area contributed by atoms with Gasteiger partial charge in [0.05, 0.1) is 0 Å². The van der Waals surface area contributed by atoms with E-state index in [2.05, 4.69) is 23.5 Å². The van der Waals surface area contributed by atoms with Crippen LogP contribution in [0.5, 0.6) is 0 Å². The Morgan fingerprint density at radius 2 is 1.95 bits per heavy atom. The van der Waals surface area contributed by atoms with Crippen LogP contribution in [-0.2, 0) is 16.8 Å². The molecule has 1 aliphatic rings. The van der Waals surface area contributed by atoms with Crippen LogP contribution in [0.25, 0.3) is 0 Å². The number of carbonyl (C=O) groups excluding carboxylic acids is 1. The average Bonchev–Trinajstić information content (AvgIpc) is 2.81. The predicted octanol–water partition coefficient (Wildman–Crippen LogP) is 3.04. The predicted molar refractivity (Wildman–Crippen MR) is 85.2 cm³/mol. The first-order valence-electron chi connectivity index (χ1n) is 7.27. The molecule has 3 nitrogen and oxygen atoms in total. The van der Waals surface area contributed by atoms with Crippen LogP contribution in [0, 0.1) is 13.8 Å². The summed E-state index contributed by atoms with van der Waals surface area (Å²) in [5, 5.41) is 3.43. The number of hydrogen-bond acceptors (Lipinski definition) is 2. The summed E-state index contributed by atoms with van der Waals surface area (Å²) >= 11 is 0. The van der Waals surface area contributed by atoms with Crippen LogP contribution in [0.2, 0.25) is 0 Å². The molecular weight excluding hydrogens is 260 g/mol. The van der Waals surface area contributed by atoms with Gasteiger partial charge < -0.3 is 11.1 Å². The van der Waals surface area contributed by atoms with Crippen molar-refractivity contribution in [2.75, 3.05) is 5.32 Å². The van der Waals surface area contributed by atoms with E-state index in [0.717, 1.165) is 28.8 Å². The largest absolute Gasteiger partial charge is 0.367 e. The van der Waals surface area contributed by atoms with Gasteiger partial charge in [-0.3, -0.25) is 4.79 Å². The lowest BCUT2D eigenvalue weighted by Gasteiger charge is -2.30. The summed E-state index contributed by atoms with van der Waals surface area (Å²) < 4.78 is 0. The fourth-order valence-electron chi connectivity index (χ4n) is 3.15. The lowest BCUT2D eigenvalue weighted by atomic mass is 9.89. The molecule has 3 N–H and O–H groups in total. The Balaban J connectivity index is 2.10. The minimum atomic E-state index is -0.798. The average molecular weight is 280 g/mol. The van der Waals surface area contributed by atoms with Crippen LogP contribution in [0.3, 0.4) is 0 Å². The number of carbonyl (C=O) groups is 1. The zero-order chi connectivity index (χ0) is 15.0. The Hall–Kier alpha value is -2.29. The molecule has 1 atom stereocenters. The van der Waals surface area contributed by atoms with Gasteiger partial charge in [0, 0.05) is 5.69 Å². The quantitative estimate of drug-likeness (QED) is 0.908. The molecule has 0 heterocycles. The molecule has 1 unspecified atom stereocenters. The number of rotatable bonds is 3. The highest BCUT2D eigenvalue weighted by Gasteiger charge is 2.44. The van der Waals surface area contributed by atoms with Crippen molar-refractivity contribution in [2.24, 2.45) is 5.73 Å². The van der Waals surface area contributed by atoms with Crippen molar-refractivity contribution in [1.82, 2.24) is 0 Å². The minimum Gasteiger partial charge on any atom is -0.367 e. The van der Waals surface area contributed by atoms with Crippen molar-refractivity contribution in [3.63, 3.8) is 0 Å². The smallest absolute Gasteiger partial charge is 0.247 e. The third kappa shape index (κ3) is 2.19. The highest BCUT2D eigenvalue weighted by atomic mass is 16.1. The third-order valence-corrected chi connectivity index (χ3v) is 4.41. The van der Waals surface area contributed by atoms with Crippen molar-refractivity contribution in [2.45, 2.75) is 32.2 Å². The maximum Gasteiger partial charge on any atom is 0.247 e. The fourth-order valence-corrected chi connectivity index (χ4v) is 3.15. The van der Waals surface area contributed by atoms with Crippen LogP contribution in [-0.4, -0.2) is 5.91 Å². The van der Waals surface area contributed by atoms with Gasteiger partial charge >= 0.3 is 0 Å². The number of anilines is 1. The summed E-state index contributed by atoms with van der Waals surface area (Å²) in [6.45, 7) is 4.07. The second kappa shape index (κ2) is 4.92. The van der Waals surface area contributed by atoms with Crippen molar-refractivity contribution < 1.29 is 4.79 Å². The molecule has 21 heavy (non-hydrogen) atoms. The number of primary amides is 1. The molecule has 0 saturated carbocycles. The number of benzene rings is 2. The Labute approximate surface area is 125 Å². The number of nitrogens with one attached hydrogen (secondary N) is 1. The molecule has 0 spiro atoms. The molecule has 0 bridgehead atoms. The normalized spacial score (nSPS) is 20.1. The van der Waals surface area contributed by atoms with Gasteiger partial charge in [0.1, 0.15) is 5.54 Å². The number of para-hydroxylation sites is 1. The Morgan fingerprint density at radius 1 is 1.19 bits per heavy atom. The monoisotopic (exact) mass is 280 g/mol. The molecule has 2 aromatic rings. The standard InChI is InChI=1S/C18H20N2O/c1-12-7-8-14-9-10-18(17(19)21,15(14)11-12)20-16-6-4-3-5-13(16)2/h3-8,11,20H,9-10H2,1-2H3,(H2,19,21). The van der Waals surface area contributed by atoms with Crippen LogP contribution < -0.4 is 11.1 Å². The Kier molecular flexibility index (Phi) is 3.20. The van der Waals surface area contributed by atoms with Crippen LogP contribution >= 0.6 is 0 Å². The lowest BCUT2D eigenvalue weighted by Crippen LogP contribution is -2.46. The highest BCUT2D eigenvalue weighted by Crippen LogP contribution is 2.40. The molecule has 108 valence electrons. The SMILES string of the molecule is Cc1ccc2c(c1)C(Nc1ccccc1C)(C(N)=O)CC2. The summed E-state index contributed by atoms with van der Waals surface area (Å²) in [4.78, 5) is 12.3. The van der Waals surface area contributed by atoms with Crippen molar-refractivity contribution in [3.8, 4) is 0 Å². The van der Waals surface area contributed by atoms with Gasteiger partial charge in [-0.25, -0.2) is 0 Å². The van der Waals surface area contributed by atoms with E-state index in [1.165, 1.54) is 5.56 Å². The first-order chi connectivity index (χ1) is 10.0. The van der Waals surface area contributed by atoms with Gasteiger partial charge in [-0.2, -0.15) is 0 Å². The van der Waals surface area contributed by atoms with Crippen LogP contribution in [0.4, 0.5) is 5.69 Å². The maximum absolute atomic E-state index is 12.3. The van der Waals surface area contributed by atoms with Gasteiger partial charge in [-0.15, -0.1) is 0 Å². The van der Waals surface area contributed by atoms with E-state index in [0.29, 0.717) is 6.42 Å². The fraction of sp³-hybridized carbons (Fsp3) is 0.278. The van der Waals surface area contributed by atoms with Crippen molar-refractivity contribution >= 4 is 11.6 Å². The highest BCUT2D eigenvalue weighted by molar-refractivity contribution is 5.91. The van der Waals surface area contributed by atoms with E-state index in [1.54, 1.807) is 0 Å². The molecule has 0 aromatic heterocycles. The van der Waals surface area contributed by atoms with Gasteiger partial charge in [0.25, 0.3) is 0 Å². The molecule has 0 radical (unpaired) electrons. The number of hydrogen-bond donors (Lipinski definition) is 2. The maximum atomic E-state index is 12.3. The molecule has 1 aliphatic carbocycles. The molecule has 0 saturated heterocycles. The van der Waals surface area contributed by atoms with Crippen LogP contribution in [0.1, 0.15) is 28.7 Å². The molecule has 1 amide bonds. The Morgan fingerprint density at radius 3 is 2.67 bits per heavy atom. The second-order valence-corrected chi connectivity index (χ2v) is 5.87. The number of fused-ring (bicyclic) bond motifs is 1. The van der Waals surface area contributed by atoms with Gasteiger partial charge in [-0.1, -0.05) is 42.0 Å². The zero-order valence-corrected chi connectivity index (χ0v) is 12.4. The number of amides is 1. The molecular formula is C18H20N2O.